The summed E-state index contributed by atoms with van der Waals surface area (Å²) in [6, 6.07) is 12.8. The molecule has 27 heavy (non-hydrogen) atoms. The zero-order chi connectivity index (χ0) is 19.0. The Morgan fingerprint density at radius 3 is 2.74 bits per heavy atom. The molecule has 6 nitrogen and oxygen atoms in total. The van der Waals surface area contributed by atoms with E-state index in [0.717, 1.165) is 16.0 Å². The molecule has 2 aromatic rings. The van der Waals surface area contributed by atoms with Crippen molar-refractivity contribution in [2.24, 2.45) is 0 Å². The number of aryl methyl sites for hydroxylation is 1. The van der Waals surface area contributed by atoms with Crippen molar-refractivity contribution in [2.45, 2.75) is 24.5 Å². The monoisotopic (exact) mass is 370 g/mol. The number of carbonyl (C=O) groups excluding carboxylic acids is 2. The number of fused-ring (bicyclic) bond motifs is 2. The van der Waals surface area contributed by atoms with Crippen molar-refractivity contribution in [1.29, 1.82) is 0 Å². The lowest BCUT2D eigenvalue weighted by molar-refractivity contribution is -0.132. The van der Waals surface area contributed by atoms with Gasteiger partial charge in [-0.3, -0.25) is 9.69 Å². The van der Waals surface area contributed by atoms with E-state index in [-0.39, 0.29) is 24.8 Å². The first kappa shape index (κ1) is 17.5. The lowest BCUT2D eigenvalue weighted by Gasteiger charge is -2.23. The van der Waals surface area contributed by atoms with E-state index in [2.05, 4.69) is 5.32 Å². The van der Waals surface area contributed by atoms with E-state index in [9.17, 15) is 19.1 Å². The first-order valence-corrected chi connectivity index (χ1v) is 8.79. The third-order valence-electron chi connectivity index (χ3n) is 5.08. The van der Waals surface area contributed by atoms with Crippen molar-refractivity contribution < 1.29 is 23.8 Å². The number of aliphatic hydroxyl groups excluding tert-OH is 1. The van der Waals surface area contributed by atoms with E-state index in [0.29, 0.717) is 12.8 Å². The highest BCUT2D eigenvalue weighted by molar-refractivity contribution is 6.08. The van der Waals surface area contributed by atoms with Crippen molar-refractivity contribution in [3.63, 3.8) is 0 Å². The van der Waals surface area contributed by atoms with Gasteiger partial charge in [-0.25, -0.2) is 9.18 Å². The van der Waals surface area contributed by atoms with E-state index < -0.39 is 23.5 Å². The molecule has 0 saturated carbocycles. The third kappa shape index (κ3) is 2.94. The molecular formula is C20H19FN2O4. The fraction of sp³-hybridized carbons (Fsp3) is 0.300. The van der Waals surface area contributed by atoms with Crippen LogP contribution in [-0.4, -0.2) is 41.2 Å². The molecule has 3 amide bonds. The lowest BCUT2D eigenvalue weighted by Crippen LogP contribution is -2.43. The van der Waals surface area contributed by atoms with Gasteiger partial charge in [0, 0.05) is 0 Å². The largest absolute Gasteiger partial charge is 0.488 e. The molecule has 2 atom stereocenters. The van der Waals surface area contributed by atoms with Gasteiger partial charge < -0.3 is 15.2 Å². The zero-order valence-corrected chi connectivity index (χ0v) is 14.5. The number of hydrogen-bond acceptors (Lipinski definition) is 4. The molecule has 0 radical (unpaired) electrons. The van der Waals surface area contributed by atoms with Crippen LogP contribution in [0.25, 0.3) is 0 Å². The number of nitrogens with zero attached hydrogens (tertiary/aromatic N) is 1. The number of benzene rings is 2. The number of ether oxygens (including phenoxy) is 1. The average molecular weight is 370 g/mol. The maximum atomic E-state index is 13.6. The molecule has 1 aliphatic heterocycles. The Balaban J connectivity index is 1.45. The molecule has 1 spiro atoms. The fourth-order valence-corrected chi connectivity index (χ4v) is 3.77. The van der Waals surface area contributed by atoms with Crippen molar-refractivity contribution in [3.05, 3.63) is 65.5 Å². The Labute approximate surface area is 155 Å². The minimum Gasteiger partial charge on any atom is -0.488 e. The van der Waals surface area contributed by atoms with Crippen LogP contribution in [0.1, 0.15) is 17.5 Å². The second-order valence-electron chi connectivity index (χ2n) is 6.80. The predicted molar refractivity (Wildman–Crippen MR) is 94.6 cm³/mol. The number of rotatable bonds is 5. The summed E-state index contributed by atoms with van der Waals surface area (Å²) in [6.45, 7) is -0.454. The number of aliphatic hydroxyl groups is 1. The summed E-state index contributed by atoms with van der Waals surface area (Å²) in [5.74, 6) is -0.904. The topological polar surface area (TPSA) is 78.9 Å². The maximum absolute atomic E-state index is 13.6. The molecule has 0 bridgehead atoms. The van der Waals surface area contributed by atoms with Gasteiger partial charge in [0.1, 0.15) is 18.2 Å². The van der Waals surface area contributed by atoms with E-state index in [1.807, 2.05) is 24.3 Å². The molecular weight excluding hydrogens is 351 g/mol. The molecule has 4 rings (SSSR count). The fourth-order valence-electron chi connectivity index (χ4n) is 3.77. The SMILES string of the molecule is O=C1N[C@]2(CCc3ccccc32)C(=O)N1C[C@H](O)COc1ccccc1F. The van der Waals surface area contributed by atoms with Gasteiger partial charge in [-0.2, -0.15) is 0 Å². The molecule has 0 unspecified atom stereocenters. The van der Waals surface area contributed by atoms with Crippen LogP contribution in [0, 0.1) is 5.82 Å². The number of halogens is 1. The second-order valence-corrected chi connectivity index (χ2v) is 6.80. The Hall–Kier alpha value is -2.93. The molecule has 140 valence electrons. The van der Waals surface area contributed by atoms with E-state index in [1.54, 1.807) is 6.07 Å². The van der Waals surface area contributed by atoms with Crippen LogP contribution in [0.5, 0.6) is 5.75 Å². The third-order valence-corrected chi connectivity index (χ3v) is 5.08. The summed E-state index contributed by atoms with van der Waals surface area (Å²) in [5.41, 5.74) is 0.791. The number of hydrogen-bond donors (Lipinski definition) is 2. The summed E-state index contributed by atoms with van der Waals surface area (Å²) >= 11 is 0. The minimum absolute atomic E-state index is 0.00920. The normalized spacial score (nSPS) is 22.1. The first-order valence-electron chi connectivity index (χ1n) is 8.79. The van der Waals surface area contributed by atoms with E-state index in [4.69, 9.17) is 4.74 Å². The maximum Gasteiger partial charge on any atom is 0.325 e. The van der Waals surface area contributed by atoms with Crippen LogP contribution < -0.4 is 10.1 Å². The molecule has 2 aromatic carbocycles. The molecule has 1 saturated heterocycles. The van der Waals surface area contributed by atoms with Gasteiger partial charge in [0.05, 0.1) is 6.54 Å². The van der Waals surface area contributed by atoms with Crippen molar-refractivity contribution >= 4 is 11.9 Å². The number of urea groups is 1. The Morgan fingerprint density at radius 2 is 1.93 bits per heavy atom. The van der Waals surface area contributed by atoms with Gasteiger partial charge in [-0.1, -0.05) is 36.4 Å². The quantitative estimate of drug-likeness (QED) is 0.789. The Morgan fingerprint density at radius 1 is 1.19 bits per heavy atom. The van der Waals surface area contributed by atoms with Gasteiger partial charge in [-0.05, 0) is 36.1 Å². The van der Waals surface area contributed by atoms with Crippen molar-refractivity contribution in [1.82, 2.24) is 10.2 Å². The molecule has 2 N–H and O–H groups in total. The number of carbonyl (C=O) groups is 2. The predicted octanol–water partition coefficient (Wildman–Crippen LogP) is 1.96. The number of nitrogens with one attached hydrogen (secondary N) is 1. The van der Waals surface area contributed by atoms with Gasteiger partial charge in [0.2, 0.25) is 0 Å². The summed E-state index contributed by atoms with van der Waals surface area (Å²) in [6.07, 6.45) is 0.0654. The van der Waals surface area contributed by atoms with Crippen LogP contribution in [-0.2, 0) is 16.8 Å². The number of amides is 3. The minimum atomic E-state index is -1.13. The number of β-amino-alcohol motifs (C(OH)–C–C–N with tert-alkyl or cyclic N) is 1. The highest BCUT2D eigenvalue weighted by Crippen LogP contribution is 2.41. The standard InChI is InChI=1S/C20H19FN2O4/c21-16-7-3-4-8-17(16)27-12-14(24)11-23-18(25)20(22-19(23)26)10-9-13-5-1-2-6-15(13)20/h1-8,14,24H,9-12H2,(H,22,26)/t14-,20-/m0/s1. The highest BCUT2D eigenvalue weighted by Gasteiger charge is 2.55. The smallest absolute Gasteiger partial charge is 0.325 e. The first-order chi connectivity index (χ1) is 13.0. The van der Waals surface area contributed by atoms with Crippen LogP contribution in [0.2, 0.25) is 0 Å². The summed E-state index contributed by atoms with van der Waals surface area (Å²) in [5, 5.41) is 13.0. The van der Waals surface area contributed by atoms with E-state index >= 15 is 0 Å². The summed E-state index contributed by atoms with van der Waals surface area (Å²) < 4.78 is 18.8. The molecule has 0 aromatic heterocycles. The molecule has 1 aliphatic carbocycles. The summed E-state index contributed by atoms with van der Waals surface area (Å²) in [7, 11) is 0. The molecule has 7 heteroatoms. The zero-order valence-electron chi connectivity index (χ0n) is 14.5. The van der Waals surface area contributed by atoms with Crippen LogP contribution in [0.4, 0.5) is 9.18 Å². The van der Waals surface area contributed by atoms with E-state index in [1.165, 1.54) is 18.2 Å². The van der Waals surface area contributed by atoms with Crippen LogP contribution in [0.15, 0.2) is 48.5 Å². The van der Waals surface area contributed by atoms with Crippen molar-refractivity contribution in [2.75, 3.05) is 13.2 Å². The molecule has 2 aliphatic rings. The lowest BCUT2D eigenvalue weighted by atomic mass is 9.92. The van der Waals surface area contributed by atoms with Gasteiger partial charge >= 0.3 is 6.03 Å². The van der Waals surface area contributed by atoms with Gasteiger partial charge in [0.15, 0.2) is 11.6 Å². The Kier molecular flexibility index (Phi) is 4.31. The highest BCUT2D eigenvalue weighted by atomic mass is 19.1. The Bertz CT molecular complexity index is 903. The van der Waals surface area contributed by atoms with Crippen LogP contribution >= 0.6 is 0 Å². The number of para-hydroxylation sites is 1. The van der Waals surface area contributed by atoms with Crippen molar-refractivity contribution in [3.8, 4) is 5.75 Å². The summed E-state index contributed by atoms with van der Waals surface area (Å²) in [4.78, 5) is 26.4. The average Bonchev–Trinajstić information content (AvgIpc) is 3.15. The number of imide groups is 1. The van der Waals surface area contributed by atoms with Crippen LogP contribution in [0.3, 0.4) is 0 Å². The molecule has 1 heterocycles. The van der Waals surface area contributed by atoms with Gasteiger partial charge in [-0.15, -0.1) is 0 Å². The molecule has 1 fully saturated rings. The van der Waals surface area contributed by atoms with Gasteiger partial charge in [0.25, 0.3) is 5.91 Å². The second kappa shape index (κ2) is 6.66.